The molecule has 3 aliphatic carbocycles. The Labute approximate surface area is 245 Å². The number of sulfonamides is 1. The van der Waals surface area contributed by atoms with Crippen molar-refractivity contribution in [3.63, 3.8) is 0 Å². The number of aryl methyl sites for hydroxylation is 1. The summed E-state index contributed by atoms with van der Waals surface area (Å²) in [5.41, 5.74) is 1.82. The zero-order valence-electron chi connectivity index (χ0n) is 23.4. The predicted molar refractivity (Wildman–Crippen MR) is 156 cm³/mol. The van der Waals surface area contributed by atoms with Crippen molar-refractivity contribution in [1.29, 1.82) is 0 Å². The number of amides is 2. The number of benzene rings is 2. The van der Waals surface area contributed by atoms with Crippen molar-refractivity contribution < 1.29 is 31.7 Å². The number of carbonyl (C=O) groups is 2. The molecule has 0 bridgehead atoms. The number of hydrogen-bond donors (Lipinski definition) is 3. The largest absolute Gasteiger partial charge is 0.496 e. The van der Waals surface area contributed by atoms with Crippen LogP contribution in [-0.2, 0) is 19.0 Å². The molecule has 2 aromatic rings. The molecule has 0 spiro atoms. The fourth-order valence-electron chi connectivity index (χ4n) is 6.35. The highest BCUT2D eigenvalue weighted by molar-refractivity contribution is 7.94. The molecule has 10 nitrogen and oxygen atoms in total. The van der Waals surface area contributed by atoms with E-state index in [-0.39, 0.29) is 41.7 Å². The maximum atomic E-state index is 13.6. The molecule has 0 radical (unpaired) electrons. The van der Waals surface area contributed by atoms with Gasteiger partial charge in [0.25, 0.3) is 5.91 Å². The Hall–Kier alpha value is -2.80. The highest BCUT2D eigenvalue weighted by atomic mass is 32.2. The lowest BCUT2D eigenvalue weighted by molar-refractivity contribution is -0.140. The minimum Gasteiger partial charge on any atom is -0.496 e. The highest BCUT2D eigenvalue weighted by Gasteiger charge is 2.58. The Balaban J connectivity index is 1.27. The van der Waals surface area contributed by atoms with Crippen LogP contribution in [0.4, 0.5) is 5.69 Å². The number of nitrogens with two attached hydrogens (primary N) is 1. The van der Waals surface area contributed by atoms with E-state index in [4.69, 9.17) is 18.8 Å². The van der Waals surface area contributed by atoms with Crippen molar-refractivity contribution in [3.8, 4) is 11.5 Å². The Morgan fingerprint density at radius 2 is 1.71 bits per heavy atom. The number of rotatable bonds is 10. The van der Waals surface area contributed by atoms with E-state index in [0.29, 0.717) is 48.4 Å². The van der Waals surface area contributed by atoms with Gasteiger partial charge in [-0.05, 0) is 93.2 Å². The van der Waals surface area contributed by atoms with E-state index in [1.54, 1.807) is 19.2 Å². The van der Waals surface area contributed by atoms with Gasteiger partial charge in [0.15, 0.2) is 0 Å². The Kier molecular flexibility index (Phi) is 8.84. The van der Waals surface area contributed by atoms with Gasteiger partial charge in [-0.25, -0.2) is 13.6 Å². The Morgan fingerprint density at radius 1 is 0.976 bits per heavy atom. The summed E-state index contributed by atoms with van der Waals surface area (Å²) in [4.78, 5) is 27.8. The molecular weight excluding hydrogens is 566 g/mol. The molecule has 0 aromatic heterocycles. The maximum absolute atomic E-state index is 13.6. The smallest absolute Gasteiger partial charge is 0.255 e. The third-order valence-electron chi connectivity index (χ3n) is 8.70. The van der Waals surface area contributed by atoms with E-state index in [0.717, 1.165) is 23.3 Å². The number of carbonyl (C=O) groups excluding carboxylic acids is 2. The predicted octanol–water partition coefficient (Wildman–Crippen LogP) is 4.03. The quantitative estimate of drug-likeness (QED) is 0.345. The number of primary sulfonamides is 1. The minimum absolute atomic E-state index is 0.106. The maximum Gasteiger partial charge on any atom is 0.255 e. The van der Waals surface area contributed by atoms with E-state index in [9.17, 15) is 18.0 Å². The van der Waals surface area contributed by atoms with E-state index < -0.39 is 15.3 Å². The summed E-state index contributed by atoms with van der Waals surface area (Å²) in [6, 6.07) is 10.6. The van der Waals surface area contributed by atoms with Crippen LogP contribution in [0.25, 0.3) is 0 Å². The second-order valence-corrected chi connectivity index (χ2v) is 13.9. The average Bonchev–Trinajstić information content (AvgIpc) is 2.91. The molecule has 2 amide bonds. The summed E-state index contributed by atoms with van der Waals surface area (Å²) in [6.45, 7) is 1.88. The summed E-state index contributed by atoms with van der Waals surface area (Å²) >= 11 is 1.22. The number of anilines is 1. The molecular formula is C29H37N3O7S2. The van der Waals surface area contributed by atoms with E-state index in [1.165, 1.54) is 19.2 Å². The van der Waals surface area contributed by atoms with Crippen LogP contribution < -0.4 is 25.2 Å². The SMILES string of the molecule is COSc1cccc(NC(=O)[C@H]2C3CC[C@H]3[C@H]2NC(=O)c2cc(O[C@H]3CC[C@@H](S(N)(=O)=O)CC3)c(C)cc2OC)c1. The summed E-state index contributed by atoms with van der Waals surface area (Å²) in [5.74, 6) is 0.741. The van der Waals surface area contributed by atoms with Crippen LogP contribution >= 0.6 is 12.0 Å². The van der Waals surface area contributed by atoms with Gasteiger partial charge in [-0.3, -0.25) is 9.59 Å². The molecule has 0 heterocycles. The zero-order chi connectivity index (χ0) is 29.3. The van der Waals surface area contributed by atoms with Crippen LogP contribution in [0.2, 0.25) is 0 Å². The monoisotopic (exact) mass is 603 g/mol. The van der Waals surface area contributed by atoms with Gasteiger partial charge in [-0.2, -0.15) is 0 Å². The molecule has 3 fully saturated rings. The van der Waals surface area contributed by atoms with E-state index in [1.807, 2.05) is 31.2 Å². The molecule has 222 valence electrons. The number of hydrogen-bond acceptors (Lipinski definition) is 8. The first-order valence-electron chi connectivity index (χ1n) is 13.9. The number of nitrogens with one attached hydrogen (secondary N) is 2. The molecule has 3 saturated carbocycles. The molecule has 4 N–H and O–H groups in total. The number of ether oxygens (including phenoxy) is 2. The van der Waals surface area contributed by atoms with Crippen LogP contribution in [0.1, 0.15) is 54.4 Å². The molecule has 4 atom stereocenters. The highest BCUT2D eigenvalue weighted by Crippen LogP contribution is 2.54. The first kappa shape index (κ1) is 29.7. The van der Waals surface area contributed by atoms with Crippen molar-refractivity contribution >= 4 is 39.6 Å². The lowest BCUT2D eigenvalue weighted by atomic mass is 9.49. The summed E-state index contributed by atoms with van der Waals surface area (Å²) in [6.07, 6.45) is 3.76. The molecule has 2 aromatic carbocycles. The molecule has 41 heavy (non-hydrogen) atoms. The van der Waals surface area contributed by atoms with Gasteiger partial charge in [-0.15, -0.1) is 0 Å². The molecule has 0 aliphatic heterocycles. The lowest BCUT2D eigenvalue weighted by Crippen LogP contribution is -2.67. The molecule has 3 aliphatic rings. The molecule has 0 saturated heterocycles. The fraction of sp³-hybridized carbons (Fsp3) is 0.517. The third-order valence-corrected chi connectivity index (χ3v) is 10.7. The summed E-state index contributed by atoms with van der Waals surface area (Å²) in [7, 11) is -0.458. The standard InChI is InChI=1S/C29H37N3O7S2/c1-16-13-25(37-2)23(15-24(16)39-18-7-9-20(10-8-18)41(30,35)36)28(33)32-27-22-12-11-21(22)26(27)29(34)31-17-5-4-6-19(14-17)40-38-3/h4-6,13-15,18,20-22,26-27H,7-12H2,1-3H3,(H,31,34)(H,32,33)(H2,30,35,36)/t18-,20+,21?,22-,26+,27-/m1/s1. The van der Waals surface area contributed by atoms with Crippen LogP contribution in [0.15, 0.2) is 41.3 Å². The second kappa shape index (κ2) is 12.2. The third kappa shape index (κ3) is 6.35. The van der Waals surface area contributed by atoms with Gasteiger partial charge < -0.3 is 24.3 Å². The normalized spacial score (nSPS) is 27.0. The molecule has 12 heteroatoms. The Morgan fingerprint density at radius 3 is 2.34 bits per heavy atom. The zero-order valence-corrected chi connectivity index (χ0v) is 25.1. The van der Waals surface area contributed by atoms with Crippen molar-refractivity contribution in [2.24, 2.45) is 22.9 Å². The second-order valence-electron chi connectivity index (χ2n) is 11.1. The van der Waals surface area contributed by atoms with Crippen LogP contribution in [0, 0.1) is 24.7 Å². The number of fused-ring (bicyclic) bond motifs is 1. The fourth-order valence-corrected chi connectivity index (χ4v) is 7.79. The molecule has 5 rings (SSSR count). The number of methoxy groups -OCH3 is 1. The van der Waals surface area contributed by atoms with Crippen molar-refractivity contribution in [1.82, 2.24) is 5.32 Å². The summed E-state index contributed by atoms with van der Waals surface area (Å²) in [5, 5.41) is 10.9. The first-order valence-corrected chi connectivity index (χ1v) is 16.2. The van der Waals surface area contributed by atoms with Crippen LogP contribution in [0.3, 0.4) is 0 Å². The van der Waals surface area contributed by atoms with Crippen molar-refractivity contribution in [2.45, 2.75) is 67.7 Å². The van der Waals surface area contributed by atoms with Crippen molar-refractivity contribution in [3.05, 3.63) is 47.5 Å². The average molecular weight is 604 g/mol. The summed E-state index contributed by atoms with van der Waals surface area (Å²) < 4.78 is 40.3. The van der Waals surface area contributed by atoms with Crippen molar-refractivity contribution in [2.75, 3.05) is 19.5 Å². The van der Waals surface area contributed by atoms with E-state index in [2.05, 4.69) is 10.6 Å². The van der Waals surface area contributed by atoms with Gasteiger partial charge in [0.1, 0.15) is 11.5 Å². The van der Waals surface area contributed by atoms with Gasteiger partial charge in [0.2, 0.25) is 15.9 Å². The topological polar surface area (TPSA) is 146 Å². The van der Waals surface area contributed by atoms with Gasteiger partial charge in [0, 0.05) is 28.7 Å². The molecule has 1 unspecified atom stereocenters. The van der Waals surface area contributed by atoms with Crippen LogP contribution in [-0.4, -0.2) is 51.8 Å². The van der Waals surface area contributed by atoms with Gasteiger partial charge in [0.05, 0.1) is 37.1 Å². The lowest BCUT2D eigenvalue weighted by Gasteiger charge is -2.58. The minimum atomic E-state index is -3.56. The first-order chi connectivity index (χ1) is 19.6. The van der Waals surface area contributed by atoms with Gasteiger partial charge >= 0.3 is 0 Å². The van der Waals surface area contributed by atoms with Gasteiger partial charge in [-0.1, -0.05) is 6.07 Å². The van der Waals surface area contributed by atoms with Crippen LogP contribution in [0.5, 0.6) is 11.5 Å². The Bertz CT molecular complexity index is 1410. The van der Waals surface area contributed by atoms with E-state index >= 15 is 0 Å².